The van der Waals surface area contributed by atoms with Crippen LogP contribution in [0.25, 0.3) is 0 Å². The molecule has 0 aromatic heterocycles. The summed E-state index contributed by atoms with van der Waals surface area (Å²) in [5, 5.41) is 9.79. The van der Waals surface area contributed by atoms with Crippen molar-refractivity contribution in [1.29, 1.82) is 0 Å². The smallest absolute Gasteiger partial charge is 0.124 e. The minimum atomic E-state index is -0.310. The summed E-state index contributed by atoms with van der Waals surface area (Å²) < 4.78 is 12.8. The average molecular weight is 229 g/mol. The molecule has 0 heterocycles. The lowest BCUT2D eigenvalue weighted by molar-refractivity contribution is 0.0450. The van der Waals surface area contributed by atoms with Gasteiger partial charge in [0.15, 0.2) is 0 Å². The maximum Gasteiger partial charge on any atom is 0.124 e. The Bertz CT molecular complexity index is 355. The van der Waals surface area contributed by atoms with Gasteiger partial charge in [0.2, 0.25) is 0 Å². The second-order valence-electron chi connectivity index (χ2n) is 4.42. The first kappa shape index (κ1) is 10.9. The van der Waals surface area contributed by atoms with E-state index in [2.05, 4.69) is 0 Å². The second-order valence-corrected chi connectivity index (χ2v) is 4.83. The Labute approximate surface area is 93.9 Å². The van der Waals surface area contributed by atoms with Crippen LogP contribution in [0.2, 0.25) is 5.02 Å². The molecule has 0 saturated heterocycles. The minimum absolute atomic E-state index is 0.00146. The SMILES string of the molecule is OCC1(Cc2ccc(F)cc2Cl)CCC1. The summed E-state index contributed by atoms with van der Waals surface area (Å²) in [7, 11) is 0. The van der Waals surface area contributed by atoms with Gasteiger partial charge in [-0.15, -0.1) is 0 Å². The van der Waals surface area contributed by atoms with Gasteiger partial charge in [-0.05, 0) is 42.4 Å². The van der Waals surface area contributed by atoms with E-state index in [-0.39, 0.29) is 17.8 Å². The molecular weight excluding hydrogens is 215 g/mol. The van der Waals surface area contributed by atoms with Crippen molar-refractivity contribution < 1.29 is 9.50 Å². The second kappa shape index (κ2) is 4.11. The van der Waals surface area contributed by atoms with Crippen molar-refractivity contribution >= 4 is 11.6 Å². The molecule has 0 bridgehead atoms. The van der Waals surface area contributed by atoms with Crippen molar-refractivity contribution in [3.63, 3.8) is 0 Å². The monoisotopic (exact) mass is 228 g/mol. The van der Waals surface area contributed by atoms with Gasteiger partial charge in [-0.2, -0.15) is 0 Å². The Morgan fingerprint density at radius 3 is 2.60 bits per heavy atom. The molecule has 1 nitrogen and oxygen atoms in total. The lowest BCUT2D eigenvalue weighted by Gasteiger charge is -2.40. The Balaban J connectivity index is 2.16. The van der Waals surface area contributed by atoms with E-state index in [1.54, 1.807) is 6.07 Å². The average Bonchev–Trinajstić information content (AvgIpc) is 2.14. The van der Waals surface area contributed by atoms with Crippen LogP contribution in [-0.4, -0.2) is 11.7 Å². The summed E-state index contributed by atoms with van der Waals surface area (Å²) in [4.78, 5) is 0. The highest BCUT2D eigenvalue weighted by molar-refractivity contribution is 6.31. The van der Waals surface area contributed by atoms with Crippen molar-refractivity contribution in [3.05, 3.63) is 34.6 Å². The van der Waals surface area contributed by atoms with Crippen LogP contribution in [0.5, 0.6) is 0 Å². The summed E-state index contributed by atoms with van der Waals surface area (Å²) in [6.07, 6.45) is 4.00. The van der Waals surface area contributed by atoms with Gasteiger partial charge in [-0.1, -0.05) is 24.1 Å². The summed E-state index contributed by atoms with van der Waals surface area (Å²) in [6.45, 7) is 0.195. The molecule has 0 atom stereocenters. The van der Waals surface area contributed by atoms with E-state index in [9.17, 15) is 9.50 Å². The Hall–Kier alpha value is -0.600. The van der Waals surface area contributed by atoms with Crippen molar-refractivity contribution in [3.8, 4) is 0 Å². The molecule has 0 unspecified atom stereocenters. The lowest BCUT2D eigenvalue weighted by Crippen LogP contribution is -2.35. The number of rotatable bonds is 3. The highest BCUT2D eigenvalue weighted by Gasteiger charge is 2.36. The molecule has 1 aromatic carbocycles. The lowest BCUT2D eigenvalue weighted by atomic mass is 9.66. The van der Waals surface area contributed by atoms with Gasteiger partial charge in [0.1, 0.15) is 5.82 Å². The van der Waals surface area contributed by atoms with E-state index in [0.29, 0.717) is 5.02 Å². The van der Waals surface area contributed by atoms with E-state index in [0.717, 1.165) is 24.8 Å². The summed E-state index contributed by atoms with van der Waals surface area (Å²) >= 11 is 5.95. The van der Waals surface area contributed by atoms with Crippen molar-refractivity contribution in [2.75, 3.05) is 6.61 Å². The molecule has 82 valence electrons. The third-order valence-electron chi connectivity index (χ3n) is 3.33. The maximum absolute atomic E-state index is 12.8. The quantitative estimate of drug-likeness (QED) is 0.843. The van der Waals surface area contributed by atoms with Crippen LogP contribution >= 0.6 is 11.6 Å². The predicted octanol–water partition coefficient (Wildman–Crippen LogP) is 3.18. The first-order chi connectivity index (χ1) is 7.15. The Morgan fingerprint density at radius 1 is 1.40 bits per heavy atom. The van der Waals surface area contributed by atoms with Gasteiger partial charge in [-0.3, -0.25) is 0 Å². The Kier molecular flexibility index (Phi) is 2.98. The summed E-state index contributed by atoms with van der Waals surface area (Å²) in [5.41, 5.74) is 0.938. The minimum Gasteiger partial charge on any atom is -0.396 e. The van der Waals surface area contributed by atoms with Gasteiger partial charge in [0.25, 0.3) is 0 Å². The van der Waals surface area contributed by atoms with Crippen LogP contribution in [0.15, 0.2) is 18.2 Å². The molecular formula is C12H14ClFO. The largest absolute Gasteiger partial charge is 0.396 e. The summed E-state index contributed by atoms with van der Waals surface area (Å²) in [5.74, 6) is -0.310. The third-order valence-corrected chi connectivity index (χ3v) is 3.68. The van der Waals surface area contributed by atoms with Gasteiger partial charge in [0.05, 0.1) is 0 Å². The first-order valence-electron chi connectivity index (χ1n) is 5.20. The number of benzene rings is 1. The molecule has 1 N–H and O–H groups in total. The zero-order valence-electron chi connectivity index (χ0n) is 8.47. The van der Waals surface area contributed by atoms with Crippen LogP contribution < -0.4 is 0 Å². The molecule has 1 aliphatic carbocycles. The molecule has 15 heavy (non-hydrogen) atoms. The molecule has 0 aliphatic heterocycles. The molecule has 1 aromatic rings. The van der Waals surface area contributed by atoms with Gasteiger partial charge < -0.3 is 5.11 Å². The van der Waals surface area contributed by atoms with E-state index < -0.39 is 0 Å². The van der Waals surface area contributed by atoms with E-state index in [1.807, 2.05) is 0 Å². The number of halogens is 2. The van der Waals surface area contributed by atoms with Crippen molar-refractivity contribution in [2.24, 2.45) is 5.41 Å². The molecule has 0 radical (unpaired) electrons. The molecule has 1 saturated carbocycles. The molecule has 2 rings (SSSR count). The third kappa shape index (κ3) is 2.16. The van der Waals surface area contributed by atoms with Crippen LogP contribution in [0.4, 0.5) is 4.39 Å². The van der Waals surface area contributed by atoms with E-state index in [4.69, 9.17) is 11.6 Å². The highest BCUT2D eigenvalue weighted by Crippen LogP contribution is 2.44. The zero-order valence-corrected chi connectivity index (χ0v) is 9.23. The van der Waals surface area contributed by atoms with Crippen LogP contribution in [0, 0.1) is 11.2 Å². The molecule has 0 spiro atoms. The van der Waals surface area contributed by atoms with Gasteiger partial charge in [0, 0.05) is 11.6 Å². The van der Waals surface area contributed by atoms with Crippen LogP contribution in [0.3, 0.4) is 0 Å². The fourth-order valence-electron chi connectivity index (χ4n) is 2.14. The van der Waals surface area contributed by atoms with Crippen molar-refractivity contribution in [2.45, 2.75) is 25.7 Å². The molecule has 0 amide bonds. The van der Waals surface area contributed by atoms with Crippen molar-refractivity contribution in [1.82, 2.24) is 0 Å². The fraction of sp³-hybridized carbons (Fsp3) is 0.500. The molecule has 1 aliphatic rings. The number of hydrogen-bond donors (Lipinski definition) is 1. The number of aliphatic hydroxyl groups excluding tert-OH is 1. The van der Waals surface area contributed by atoms with Gasteiger partial charge >= 0.3 is 0 Å². The standard InChI is InChI=1S/C12H14ClFO/c13-11-6-10(14)3-2-9(11)7-12(8-15)4-1-5-12/h2-3,6,15H,1,4-5,7-8H2. The first-order valence-corrected chi connectivity index (χ1v) is 5.58. The number of aliphatic hydroxyl groups is 1. The van der Waals surface area contributed by atoms with E-state index >= 15 is 0 Å². The maximum atomic E-state index is 12.8. The molecule has 1 fully saturated rings. The number of hydrogen-bond acceptors (Lipinski definition) is 1. The Morgan fingerprint density at radius 2 is 2.13 bits per heavy atom. The van der Waals surface area contributed by atoms with E-state index in [1.165, 1.54) is 18.6 Å². The highest BCUT2D eigenvalue weighted by atomic mass is 35.5. The van der Waals surface area contributed by atoms with Crippen LogP contribution in [0.1, 0.15) is 24.8 Å². The fourth-order valence-corrected chi connectivity index (χ4v) is 2.37. The topological polar surface area (TPSA) is 20.2 Å². The predicted molar refractivity (Wildman–Crippen MR) is 58.5 cm³/mol. The van der Waals surface area contributed by atoms with Crippen LogP contribution in [-0.2, 0) is 6.42 Å². The zero-order chi connectivity index (χ0) is 10.9. The molecule has 3 heteroatoms. The summed E-state index contributed by atoms with van der Waals surface area (Å²) in [6, 6.07) is 4.47. The van der Waals surface area contributed by atoms with Gasteiger partial charge in [-0.25, -0.2) is 4.39 Å². The normalized spacial score (nSPS) is 18.6.